The van der Waals surface area contributed by atoms with Gasteiger partial charge >= 0.3 is 18.0 Å². The van der Waals surface area contributed by atoms with Crippen LogP contribution in [0.25, 0.3) is 0 Å². The van der Waals surface area contributed by atoms with Crippen molar-refractivity contribution in [1.29, 1.82) is 0 Å². The van der Waals surface area contributed by atoms with Crippen molar-refractivity contribution < 1.29 is 24.6 Å². The predicted molar refractivity (Wildman–Crippen MR) is 70.0 cm³/mol. The summed E-state index contributed by atoms with van der Waals surface area (Å²) >= 11 is 3.23. The Morgan fingerprint density at radius 3 is 2.21 bits per heavy atom. The van der Waals surface area contributed by atoms with Gasteiger partial charge in [-0.2, -0.15) is 0 Å². The van der Waals surface area contributed by atoms with Crippen molar-refractivity contribution >= 4 is 39.6 Å². The summed E-state index contributed by atoms with van der Waals surface area (Å²) in [5.74, 6) is -2.72. The second kappa shape index (κ2) is 6.74. The fourth-order valence-electron chi connectivity index (χ4n) is 1.23. The van der Waals surface area contributed by atoms with Crippen LogP contribution in [0.4, 0.5) is 10.5 Å². The first kappa shape index (κ1) is 15.0. The van der Waals surface area contributed by atoms with E-state index in [4.69, 9.17) is 10.2 Å². The van der Waals surface area contributed by atoms with Gasteiger partial charge in [-0.3, -0.25) is 4.79 Å². The summed E-state index contributed by atoms with van der Waals surface area (Å²) in [6.07, 6.45) is -0.691. The van der Waals surface area contributed by atoms with Crippen molar-refractivity contribution in [3.8, 4) is 0 Å². The molecule has 0 aliphatic heterocycles. The second-order valence-corrected chi connectivity index (χ2v) is 4.51. The molecule has 0 saturated heterocycles. The topological polar surface area (TPSA) is 116 Å². The number of anilines is 1. The molecule has 1 atom stereocenters. The molecule has 1 unspecified atom stereocenters. The standard InChI is InChI=1S/C11H11BrN2O5/c12-6-1-3-7(4-2-6)13-11(19)14-8(10(17)18)5-9(15)16/h1-4,8H,5H2,(H,15,16)(H,17,18)(H2,13,14,19). The van der Waals surface area contributed by atoms with Crippen LogP contribution in [0.2, 0.25) is 0 Å². The molecule has 0 aromatic heterocycles. The summed E-state index contributed by atoms with van der Waals surface area (Å²) in [5.41, 5.74) is 0.458. The van der Waals surface area contributed by atoms with Gasteiger partial charge in [0.05, 0.1) is 6.42 Å². The number of carboxylic acid groups (broad SMARTS) is 2. The third kappa shape index (κ3) is 5.38. The number of urea groups is 1. The van der Waals surface area contributed by atoms with Crippen LogP contribution < -0.4 is 10.6 Å². The molecule has 0 radical (unpaired) electrons. The normalized spacial score (nSPS) is 11.4. The molecule has 7 nitrogen and oxygen atoms in total. The Bertz CT molecular complexity index is 488. The third-order valence-electron chi connectivity index (χ3n) is 2.08. The quantitative estimate of drug-likeness (QED) is 0.652. The van der Waals surface area contributed by atoms with Gasteiger partial charge in [-0.1, -0.05) is 15.9 Å². The fraction of sp³-hybridized carbons (Fsp3) is 0.182. The highest BCUT2D eigenvalue weighted by molar-refractivity contribution is 9.10. The van der Waals surface area contributed by atoms with Crippen LogP contribution in [0, 0.1) is 0 Å². The highest BCUT2D eigenvalue weighted by Gasteiger charge is 2.22. The maximum absolute atomic E-state index is 11.5. The molecule has 0 heterocycles. The fourth-order valence-corrected chi connectivity index (χ4v) is 1.50. The molecule has 8 heteroatoms. The molecule has 0 aliphatic carbocycles. The zero-order valence-electron chi connectivity index (χ0n) is 9.59. The van der Waals surface area contributed by atoms with Gasteiger partial charge < -0.3 is 20.8 Å². The minimum Gasteiger partial charge on any atom is -0.481 e. The number of amides is 2. The molecule has 1 aromatic carbocycles. The first-order valence-electron chi connectivity index (χ1n) is 5.16. The SMILES string of the molecule is O=C(O)CC(NC(=O)Nc1ccc(Br)cc1)C(=O)O. The monoisotopic (exact) mass is 330 g/mol. The van der Waals surface area contributed by atoms with Gasteiger partial charge in [0.25, 0.3) is 0 Å². The number of hydrogen-bond donors (Lipinski definition) is 4. The molecule has 0 saturated carbocycles. The van der Waals surface area contributed by atoms with Crippen LogP contribution in [0.3, 0.4) is 0 Å². The smallest absolute Gasteiger partial charge is 0.326 e. The zero-order valence-corrected chi connectivity index (χ0v) is 11.2. The van der Waals surface area contributed by atoms with Gasteiger partial charge in [0.15, 0.2) is 0 Å². The van der Waals surface area contributed by atoms with Crippen LogP contribution in [-0.2, 0) is 9.59 Å². The van der Waals surface area contributed by atoms with Crippen molar-refractivity contribution in [1.82, 2.24) is 5.32 Å². The van der Waals surface area contributed by atoms with E-state index in [9.17, 15) is 14.4 Å². The van der Waals surface area contributed by atoms with Crippen molar-refractivity contribution in [2.45, 2.75) is 12.5 Å². The number of carbonyl (C=O) groups is 3. The Morgan fingerprint density at radius 1 is 1.16 bits per heavy atom. The summed E-state index contributed by atoms with van der Waals surface area (Å²) in [6.45, 7) is 0. The summed E-state index contributed by atoms with van der Waals surface area (Å²) in [6, 6.07) is 4.35. The maximum atomic E-state index is 11.5. The van der Waals surface area contributed by atoms with E-state index >= 15 is 0 Å². The maximum Gasteiger partial charge on any atom is 0.326 e. The van der Waals surface area contributed by atoms with Gasteiger partial charge in [-0.15, -0.1) is 0 Å². The molecule has 2 amide bonds. The average Bonchev–Trinajstić information content (AvgIpc) is 2.30. The molecule has 1 aromatic rings. The van der Waals surface area contributed by atoms with Crippen molar-refractivity contribution in [2.24, 2.45) is 0 Å². The second-order valence-electron chi connectivity index (χ2n) is 3.59. The number of rotatable bonds is 5. The number of carboxylic acids is 2. The first-order chi connectivity index (χ1) is 8.88. The summed E-state index contributed by atoms with van der Waals surface area (Å²) in [5, 5.41) is 21.8. The van der Waals surface area contributed by atoms with Gasteiger partial charge in [0.2, 0.25) is 0 Å². The van der Waals surface area contributed by atoms with Crippen molar-refractivity contribution in [3.05, 3.63) is 28.7 Å². The molecule has 0 spiro atoms. The first-order valence-corrected chi connectivity index (χ1v) is 5.95. The lowest BCUT2D eigenvalue weighted by Crippen LogP contribution is -2.44. The predicted octanol–water partition coefficient (Wildman–Crippen LogP) is 1.50. The van der Waals surface area contributed by atoms with E-state index in [1.807, 2.05) is 0 Å². The van der Waals surface area contributed by atoms with Gasteiger partial charge in [0, 0.05) is 10.2 Å². The van der Waals surface area contributed by atoms with E-state index in [1.54, 1.807) is 24.3 Å². The highest BCUT2D eigenvalue weighted by Crippen LogP contribution is 2.13. The Morgan fingerprint density at radius 2 is 1.74 bits per heavy atom. The van der Waals surface area contributed by atoms with Crippen LogP contribution in [0.1, 0.15) is 6.42 Å². The van der Waals surface area contributed by atoms with E-state index in [0.717, 1.165) is 4.47 Å². The molecule has 102 valence electrons. The van der Waals surface area contributed by atoms with Gasteiger partial charge in [-0.25, -0.2) is 9.59 Å². The Hall–Kier alpha value is -2.09. The number of carbonyl (C=O) groups excluding carboxylic acids is 1. The molecular formula is C11H11BrN2O5. The minimum atomic E-state index is -1.48. The number of hydrogen-bond acceptors (Lipinski definition) is 3. The van der Waals surface area contributed by atoms with Crippen molar-refractivity contribution in [2.75, 3.05) is 5.32 Å². The number of nitrogens with one attached hydrogen (secondary N) is 2. The summed E-state index contributed by atoms with van der Waals surface area (Å²) in [7, 11) is 0. The molecule has 4 N–H and O–H groups in total. The van der Waals surface area contributed by atoms with E-state index in [-0.39, 0.29) is 0 Å². The number of halogens is 1. The molecule has 19 heavy (non-hydrogen) atoms. The van der Waals surface area contributed by atoms with E-state index < -0.39 is 30.4 Å². The number of aliphatic carboxylic acids is 2. The molecular weight excluding hydrogens is 320 g/mol. The van der Waals surface area contributed by atoms with Gasteiger partial charge in [-0.05, 0) is 24.3 Å². The zero-order chi connectivity index (χ0) is 14.4. The Kier molecular flexibility index (Phi) is 5.31. The lowest BCUT2D eigenvalue weighted by atomic mass is 10.2. The van der Waals surface area contributed by atoms with Crippen LogP contribution in [0.15, 0.2) is 28.7 Å². The lowest BCUT2D eigenvalue weighted by Gasteiger charge is -2.13. The minimum absolute atomic E-state index is 0.458. The Balaban J connectivity index is 2.59. The summed E-state index contributed by atoms with van der Waals surface area (Å²) < 4.78 is 0.827. The largest absolute Gasteiger partial charge is 0.481 e. The molecule has 0 bridgehead atoms. The van der Waals surface area contributed by atoms with Crippen molar-refractivity contribution in [3.63, 3.8) is 0 Å². The average molecular weight is 331 g/mol. The Labute approximate surface area is 116 Å². The van der Waals surface area contributed by atoms with Crippen LogP contribution in [0.5, 0.6) is 0 Å². The molecule has 0 aliphatic rings. The van der Waals surface area contributed by atoms with E-state index in [1.165, 1.54) is 0 Å². The van der Waals surface area contributed by atoms with E-state index in [2.05, 4.69) is 26.6 Å². The molecule has 1 rings (SSSR count). The van der Waals surface area contributed by atoms with E-state index in [0.29, 0.717) is 5.69 Å². The summed E-state index contributed by atoms with van der Waals surface area (Å²) in [4.78, 5) is 32.7. The molecule has 0 fully saturated rings. The van der Waals surface area contributed by atoms with Gasteiger partial charge in [0.1, 0.15) is 6.04 Å². The third-order valence-corrected chi connectivity index (χ3v) is 2.61. The van der Waals surface area contributed by atoms with Crippen LogP contribution >= 0.6 is 15.9 Å². The highest BCUT2D eigenvalue weighted by atomic mass is 79.9. The lowest BCUT2D eigenvalue weighted by molar-refractivity contribution is -0.145. The van der Waals surface area contributed by atoms with Crippen LogP contribution in [-0.4, -0.2) is 34.2 Å². The number of benzene rings is 1.